The standard InChI is InChI=1S/C10H8ClFN6O2/c11-5-1-2-6(12)7(3-5)15-9-8(18(19)20)4-14-10(16-9)17-13/h1-4H,13H2,(H2,14,15,16,17). The van der Waals surface area contributed by atoms with Gasteiger partial charge >= 0.3 is 5.69 Å². The summed E-state index contributed by atoms with van der Waals surface area (Å²) in [5.74, 6) is 4.23. The van der Waals surface area contributed by atoms with E-state index < -0.39 is 16.4 Å². The number of rotatable bonds is 4. The van der Waals surface area contributed by atoms with E-state index in [-0.39, 0.29) is 22.5 Å². The van der Waals surface area contributed by atoms with Crippen molar-refractivity contribution in [3.8, 4) is 0 Å². The van der Waals surface area contributed by atoms with E-state index in [2.05, 4.69) is 20.7 Å². The first-order valence-electron chi connectivity index (χ1n) is 5.21. The molecule has 1 aromatic carbocycles. The first-order valence-corrected chi connectivity index (χ1v) is 5.59. The van der Waals surface area contributed by atoms with Crippen molar-refractivity contribution < 1.29 is 9.31 Å². The summed E-state index contributed by atoms with van der Waals surface area (Å²) in [7, 11) is 0. The van der Waals surface area contributed by atoms with Gasteiger partial charge in [-0.2, -0.15) is 4.98 Å². The minimum atomic E-state index is -0.703. The molecule has 1 heterocycles. The highest BCUT2D eigenvalue weighted by Crippen LogP contribution is 2.28. The fourth-order valence-corrected chi connectivity index (χ4v) is 1.56. The van der Waals surface area contributed by atoms with Gasteiger partial charge in [-0.05, 0) is 18.2 Å². The second-order valence-electron chi connectivity index (χ2n) is 3.58. The number of halogens is 2. The van der Waals surface area contributed by atoms with Crippen LogP contribution in [0.5, 0.6) is 0 Å². The Labute approximate surface area is 116 Å². The van der Waals surface area contributed by atoms with Crippen LogP contribution in [0.1, 0.15) is 0 Å². The lowest BCUT2D eigenvalue weighted by Gasteiger charge is -2.08. The highest BCUT2D eigenvalue weighted by molar-refractivity contribution is 6.30. The van der Waals surface area contributed by atoms with Crippen molar-refractivity contribution in [3.05, 3.63) is 45.4 Å². The number of hydrogen-bond donors (Lipinski definition) is 3. The minimum Gasteiger partial charge on any atom is -0.332 e. The van der Waals surface area contributed by atoms with Gasteiger partial charge in [-0.15, -0.1) is 0 Å². The average Bonchev–Trinajstić information content (AvgIpc) is 2.42. The number of benzene rings is 1. The lowest BCUT2D eigenvalue weighted by Crippen LogP contribution is -2.12. The summed E-state index contributed by atoms with van der Waals surface area (Å²) in [6, 6.07) is 3.75. The molecule has 0 atom stereocenters. The number of hydrogen-bond acceptors (Lipinski definition) is 7. The topological polar surface area (TPSA) is 119 Å². The second kappa shape index (κ2) is 5.63. The lowest BCUT2D eigenvalue weighted by molar-refractivity contribution is -0.384. The van der Waals surface area contributed by atoms with Gasteiger partial charge in [-0.1, -0.05) is 11.6 Å². The van der Waals surface area contributed by atoms with Crippen molar-refractivity contribution in [1.82, 2.24) is 9.97 Å². The second-order valence-corrected chi connectivity index (χ2v) is 4.01. The molecule has 1 aromatic heterocycles. The maximum atomic E-state index is 13.6. The molecule has 0 fully saturated rings. The van der Waals surface area contributed by atoms with Crippen LogP contribution in [-0.4, -0.2) is 14.9 Å². The first kappa shape index (κ1) is 13.9. The van der Waals surface area contributed by atoms with E-state index in [1.165, 1.54) is 12.1 Å². The predicted octanol–water partition coefficient (Wildman–Crippen LogP) is 2.21. The van der Waals surface area contributed by atoms with Crippen LogP contribution in [0.25, 0.3) is 0 Å². The Morgan fingerprint density at radius 1 is 1.45 bits per heavy atom. The number of nitrogens with one attached hydrogen (secondary N) is 2. The third-order valence-electron chi connectivity index (χ3n) is 2.28. The van der Waals surface area contributed by atoms with Gasteiger partial charge in [-0.25, -0.2) is 15.2 Å². The fraction of sp³-hybridized carbons (Fsp3) is 0. The normalized spacial score (nSPS) is 10.2. The summed E-state index contributed by atoms with van der Waals surface area (Å²) >= 11 is 5.74. The van der Waals surface area contributed by atoms with Crippen molar-refractivity contribution in [2.75, 3.05) is 10.7 Å². The van der Waals surface area contributed by atoms with Gasteiger partial charge in [0.05, 0.1) is 10.6 Å². The average molecular weight is 299 g/mol. The molecule has 0 saturated carbocycles. The Bertz CT molecular complexity index is 668. The molecular weight excluding hydrogens is 291 g/mol. The van der Waals surface area contributed by atoms with Gasteiger partial charge in [0.25, 0.3) is 0 Å². The van der Waals surface area contributed by atoms with Crippen molar-refractivity contribution in [3.63, 3.8) is 0 Å². The quantitative estimate of drug-likeness (QED) is 0.449. The van der Waals surface area contributed by atoms with Crippen LogP contribution in [0.15, 0.2) is 24.4 Å². The van der Waals surface area contributed by atoms with Crippen LogP contribution in [0.3, 0.4) is 0 Å². The molecule has 0 aliphatic rings. The van der Waals surface area contributed by atoms with Crippen LogP contribution < -0.4 is 16.6 Å². The van der Waals surface area contributed by atoms with E-state index in [0.29, 0.717) is 0 Å². The number of hydrazine groups is 1. The van der Waals surface area contributed by atoms with E-state index in [9.17, 15) is 14.5 Å². The first-order chi connectivity index (χ1) is 9.51. The van der Waals surface area contributed by atoms with Crippen molar-refractivity contribution in [2.24, 2.45) is 5.84 Å². The molecule has 0 bridgehead atoms. The molecule has 0 spiro atoms. The molecule has 4 N–H and O–H groups in total. The zero-order chi connectivity index (χ0) is 14.7. The number of nitrogens with zero attached hydrogens (tertiary/aromatic N) is 3. The highest BCUT2D eigenvalue weighted by Gasteiger charge is 2.18. The number of anilines is 3. The number of nitrogen functional groups attached to an aromatic ring is 1. The van der Waals surface area contributed by atoms with E-state index in [0.717, 1.165) is 12.3 Å². The summed E-state index contributed by atoms with van der Waals surface area (Å²) in [5, 5.41) is 13.6. The van der Waals surface area contributed by atoms with Crippen LogP contribution in [0.4, 0.5) is 27.5 Å². The van der Waals surface area contributed by atoms with Crippen molar-refractivity contribution in [1.29, 1.82) is 0 Å². The third kappa shape index (κ3) is 2.90. The Kier molecular flexibility index (Phi) is 3.91. The van der Waals surface area contributed by atoms with E-state index in [4.69, 9.17) is 17.4 Å². The van der Waals surface area contributed by atoms with E-state index >= 15 is 0 Å². The van der Waals surface area contributed by atoms with Crippen LogP contribution in [-0.2, 0) is 0 Å². The zero-order valence-corrected chi connectivity index (χ0v) is 10.6. The predicted molar refractivity (Wildman–Crippen MR) is 71.2 cm³/mol. The summed E-state index contributed by atoms with van der Waals surface area (Å²) in [5.41, 5.74) is 1.66. The molecule has 8 nitrogen and oxygen atoms in total. The zero-order valence-electron chi connectivity index (χ0n) is 9.80. The Morgan fingerprint density at radius 2 is 2.20 bits per heavy atom. The SMILES string of the molecule is NNc1ncc([N+](=O)[O-])c(Nc2cc(Cl)ccc2F)n1. The molecule has 0 saturated heterocycles. The molecule has 2 aromatic rings. The van der Waals surface area contributed by atoms with Gasteiger partial charge in [0.15, 0.2) is 0 Å². The maximum Gasteiger partial charge on any atom is 0.329 e. The molecule has 10 heteroatoms. The third-order valence-corrected chi connectivity index (χ3v) is 2.51. The smallest absolute Gasteiger partial charge is 0.329 e. The maximum absolute atomic E-state index is 13.6. The molecule has 2 rings (SSSR count). The van der Waals surface area contributed by atoms with Crippen molar-refractivity contribution >= 4 is 34.7 Å². The molecule has 104 valence electrons. The van der Waals surface area contributed by atoms with Crippen LogP contribution >= 0.6 is 11.6 Å². The molecule has 0 unspecified atom stereocenters. The number of nitrogens with two attached hydrogens (primary N) is 1. The minimum absolute atomic E-state index is 0.0535. The Morgan fingerprint density at radius 3 is 2.85 bits per heavy atom. The molecule has 0 aliphatic heterocycles. The van der Waals surface area contributed by atoms with Crippen LogP contribution in [0.2, 0.25) is 5.02 Å². The summed E-state index contributed by atoms with van der Waals surface area (Å²) in [6.07, 6.45) is 0.951. The molecule has 0 amide bonds. The highest BCUT2D eigenvalue weighted by atomic mass is 35.5. The summed E-state index contributed by atoms with van der Waals surface area (Å²) < 4.78 is 13.6. The van der Waals surface area contributed by atoms with Crippen LogP contribution in [0, 0.1) is 15.9 Å². The van der Waals surface area contributed by atoms with Gasteiger partial charge in [-0.3, -0.25) is 15.5 Å². The monoisotopic (exact) mass is 298 g/mol. The molecule has 20 heavy (non-hydrogen) atoms. The number of nitro groups is 1. The largest absolute Gasteiger partial charge is 0.332 e. The van der Waals surface area contributed by atoms with E-state index in [1.807, 2.05) is 0 Å². The van der Waals surface area contributed by atoms with Gasteiger partial charge in [0.1, 0.15) is 12.0 Å². The summed E-state index contributed by atoms with van der Waals surface area (Å²) in [4.78, 5) is 17.6. The lowest BCUT2D eigenvalue weighted by atomic mass is 10.3. The molecule has 0 radical (unpaired) electrons. The van der Waals surface area contributed by atoms with E-state index in [1.54, 1.807) is 0 Å². The Hall–Kier alpha value is -2.52. The number of aromatic nitrogens is 2. The summed E-state index contributed by atoms with van der Waals surface area (Å²) in [6.45, 7) is 0. The van der Waals surface area contributed by atoms with Gasteiger partial charge in [0.2, 0.25) is 11.8 Å². The van der Waals surface area contributed by atoms with Gasteiger partial charge in [0, 0.05) is 5.02 Å². The van der Waals surface area contributed by atoms with Crippen molar-refractivity contribution in [2.45, 2.75) is 0 Å². The molecule has 0 aliphatic carbocycles. The van der Waals surface area contributed by atoms with Gasteiger partial charge < -0.3 is 5.32 Å². The Balaban J connectivity index is 2.45. The molecular formula is C10H8ClFN6O2. The fourth-order valence-electron chi connectivity index (χ4n) is 1.39.